The predicted molar refractivity (Wildman–Crippen MR) is 74.3 cm³/mol. The van der Waals surface area contributed by atoms with E-state index in [1.165, 1.54) is 16.7 Å². The number of furan rings is 1. The second-order valence-electron chi connectivity index (χ2n) is 5.09. The van der Waals surface area contributed by atoms with Crippen LogP contribution in [-0.4, -0.2) is 13.6 Å². The van der Waals surface area contributed by atoms with Crippen molar-refractivity contribution in [2.45, 2.75) is 19.9 Å². The van der Waals surface area contributed by atoms with E-state index in [9.17, 15) is 0 Å². The largest absolute Gasteiger partial charge is 0.468 e. The topological polar surface area (TPSA) is 28.4 Å². The molecular formula is C15H18N2O. The van der Waals surface area contributed by atoms with Gasteiger partial charge < -0.3 is 14.6 Å². The molecule has 1 atom stereocenters. The van der Waals surface area contributed by atoms with E-state index in [1.54, 1.807) is 12.5 Å². The molecule has 3 nitrogen and oxygen atoms in total. The molecule has 1 aliphatic rings. The fourth-order valence-corrected chi connectivity index (χ4v) is 2.47. The molecule has 0 saturated heterocycles. The van der Waals surface area contributed by atoms with Gasteiger partial charge in [0.25, 0.3) is 0 Å². The molecule has 0 spiro atoms. The lowest BCUT2D eigenvalue weighted by molar-refractivity contribution is 0.568. The minimum absolute atomic E-state index is 0.319. The first-order valence-electron chi connectivity index (χ1n) is 6.26. The molecular weight excluding hydrogens is 224 g/mol. The van der Waals surface area contributed by atoms with Gasteiger partial charge in [-0.3, -0.25) is 0 Å². The summed E-state index contributed by atoms with van der Waals surface area (Å²) in [7, 11) is 2.10. The van der Waals surface area contributed by atoms with Crippen LogP contribution >= 0.6 is 0 Å². The number of hydrogen-bond donors (Lipinski definition) is 1. The van der Waals surface area contributed by atoms with Gasteiger partial charge in [-0.05, 0) is 30.5 Å². The molecule has 3 heteroatoms. The molecule has 3 rings (SSSR count). The highest BCUT2D eigenvalue weighted by Crippen LogP contribution is 2.35. The molecule has 0 bridgehead atoms. The van der Waals surface area contributed by atoms with Crippen LogP contribution in [0.5, 0.6) is 0 Å². The van der Waals surface area contributed by atoms with E-state index in [1.807, 2.05) is 0 Å². The Hall–Kier alpha value is -1.90. The maximum absolute atomic E-state index is 5.26. The predicted octanol–water partition coefficient (Wildman–Crippen LogP) is 3.50. The number of aryl methyl sites for hydroxylation is 2. The van der Waals surface area contributed by atoms with Crippen LogP contribution in [0.25, 0.3) is 0 Å². The second kappa shape index (κ2) is 4.09. The summed E-state index contributed by atoms with van der Waals surface area (Å²) in [6, 6.07) is 6.99. The van der Waals surface area contributed by atoms with E-state index < -0.39 is 0 Å². The normalized spacial score (nSPS) is 18.4. The molecule has 1 unspecified atom stereocenters. The van der Waals surface area contributed by atoms with Gasteiger partial charge in [0.15, 0.2) is 0 Å². The first-order valence-corrected chi connectivity index (χ1v) is 6.26. The molecule has 94 valence electrons. The number of benzene rings is 1. The molecule has 1 aromatic carbocycles. The summed E-state index contributed by atoms with van der Waals surface area (Å²) in [5.74, 6) is 0. The molecule has 18 heavy (non-hydrogen) atoms. The Bertz CT molecular complexity index is 574. The number of nitrogens with one attached hydrogen (secondary N) is 1. The Kier molecular flexibility index (Phi) is 2.54. The zero-order valence-corrected chi connectivity index (χ0v) is 11.0. The summed E-state index contributed by atoms with van der Waals surface area (Å²) in [5.41, 5.74) is 6.22. The van der Waals surface area contributed by atoms with Crippen LogP contribution in [0.4, 0.5) is 11.4 Å². The lowest BCUT2D eigenvalue weighted by atomic mass is 9.99. The van der Waals surface area contributed by atoms with E-state index in [2.05, 4.69) is 49.3 Å². The van der Waals surface area contributed by atoms with Crippen molar-refractivity contribution in [3.05, 3.63) is 47.4 Å². The zero-order chi connectivity index (χ0) is 12.7. The Morgan fingerprint density at radius 2 is 2.06 bits per heavy atom. The number of hydrogen-bond acceptors (Lipinski definition) is 3. The van der Waals surface area contributed by atoms with E-state index in [0.717, 1.165) is 17.9 Å². The molecule has 0 fully saturated rings. The van der Waals surface area contributed by atoms with Crippen LogP contribution < -0.4 is 10.2 Å². The Morgan fingerprint density at radius 3 is 2.83 bits per heavy atom. The third kappa shape index (κ3) is 1.76. The highest BCUT2D eigenvalue weighted by Gasteiger charge is 2.24. The first kappa shape index (κ1) is 11.2. The number of rotatable bonds is 1. The molecule has 0 aliphatic carbocycles. The Balaban J connectivity index is 1.93. The van der Waals surface area contributed by atoms with Crippen LogP contribution in [0.1, 0.15) is 22.7 Å². The summed E-state index contributed by atoms with van der Waals surface area (Å²) < 4.78 is 5.26. The van der Waals surface area contributed by atoms with Crippen molar-refractivity contribution in [2.75, 3.05) is 23.8 Å². The number of fused-ring (bicyclic) bond motifs is 1. The molecule has 2 heterocycles. The molecule has 2 aromatic rings. The fraction of sp³-hybridized carbons (Fsp3) is 0.333. The highest BCUT2D eigenvalue weighted by molar-refractivity contribution is 5.71. The van der Waals surface area contributed by atoms with Crippen LogP contribution in [0.2, 0.25) is 0 Å². The molecule has 1 aliphatic heterocycles. The van der Waals surface area contributed by atoms with Crippen molar-refractivity contribution in [2.24, 2.45) is 0 Å². The van der Waals surface area contributed by atoms with Crippen molar-refractivity contribution in [3.8, 4) is 0 Å². The van der Waals surface area contributed by atoms with Gasteiger partial charge in [0.2, 0.25) is 0 Å². The van der Waals surface area contributed by atoms with E-state index >= 15 is 0 Å². The standard InChI is InChI=1S/C15H18N2O/c1-10-4-5-12(6-11(10)2)13-7-17(3)15-9-18-8-14(15)16-13/h4-6,8-9,13,16H,7H2,1-3H3. The SMILES string of the molecule is Cc1ccc(C2CN(C)c3cocc3N2)cc1C. The summed E-state index contributed by atoms with van der Waals surface area (Å²) in [6.45, 7) is 5.26. The maximum Gasteiger partial charge on any atom is 0.116 e. The molecule has 1 N–H and O–H groups in total. The van der Waals surface area contributed by atoms with Gasteiger partial charge in [-0.1, -0.05) is 18.2 Å². The van der Waals surface area contributed by atoms with Crippen molar-refractivity contribution in [1.29, 1.82) is 0 Å². The zero-order valence-electron chi connectivity index (χ0n) is 11.0. The summed E-state index contributed by atoms with van der Waals surface area (Å²) in [5, 5.41) is 3.53. The summed E-state index contributed by atoms with van der Waals surface area (Å²) >= 11 is 0. The monoisotopic (exact) mass is 242 g/mol. The van der Waals surface area contributed by atoms with Gasteiger partial charge in [-0.25, -0.2) is 0 Å². The fourth-order valence-electron chi connectivity index (χ4n) is 2.47. The van der Waals surface area contributed by atoms with Crippen molar-refractivity contribution in [1.82, 2.24) is 0 Å². The number of anilines is 2. The van der Waals surface area contributed by atoms with Gasteiger partial charge in [0.1, 0.15) is 12.5 Å². The smallest absolute Gasteiger partial charge is 0.116 e. The average molecular weight is 242 g/mol. The van der Waals surface area contributed by atoms with E-state index in [4.69, 9.17) is 4.42 Å². The lowest BCUT2D eigenvalue weighted by Crippen LogP contribution is -2.33. The van der Waals surface area contributed by atoms with Gasteiger partial charge in [0, 0.05) is 13.6 Å². The van der Waals surface area contributed by atoms with E-state index in [0.29, 0.717) is 6.04 Å². The molecule has 0 amide bonds. The quantitative estimate of drug-likeness (QED) is 0.829. The molecule has 1 aromatic heterocycles. The van der Waals surface area contributed by atoms with Gasteiger partial charge in [-0.2, -0.15) is 0 Å². The molecule has 0 radical (unpaired) electrons. The van der Waals surface area contributed by atoms with Crippen molar-refractivity contribution >= 4 is 11.4 Å². The van der Waals surface area contributed by atoms with Crippen molar-refractivity contribution < 1.29 is 4.42 Å². The van der Waals surface area contributed by atoms with Crippen LogP contribution in [-0.2, 0) is 0 Å². The molecule has 0 saturated carbocycles. The van der Waals surface area contributed by atoms with Gasteiger partial charge >= 0.3 is 0 Å². The number of nitrogens with zero attached hydrogens (tertiary/aromatic N) is 1. The lowest BCUT2D eigenvalue weighted by Gasteiger charge is -2.32. The third-order valence-corrected chi connectivity index (χ3v) is 3.77. The van der Waals surface area contributed by atoms with Crippen LogP contribution in [0.15, 0.2) is 35.1 Å². The third-order valence-electron chi connectivity index (χ3n) is 3.77. The first-order chi connectivity index (χ1) is 8.65. The summed E-state index contributed by atoms with van der Waals surface area (Å²) in [4.78, 5) is 2.23. The number of likely N-dealkylation sites (N-methyl/N-ethyl adjacent to an activating group) is 1. The Morgan fingerprint density at radius 1 is 1.22 bits per heavy atom. The minimum Gasteiger partial charge on any atom is -0.468 e. The van der Waals surface area contributed by atoms with Crippen LogP contribution in [0.3, 0.4) is 0 Å². The Labute approximate surface area is 107 Å². The van der Waals surface area contributed by atoms with Gasteiger partial charge in [0.05, 0.1) is 17.4 Å². The summed E-state index contributed by atoms with van der Waals surface area (Å²) in [6.07, 6.45) is 3.57. The van der Waals surface area contributed by atoms with E-state index in [-0.39, 0.29) is 0 Å². The van der Waals surface area contributed by atoms with Crippen LogP contribution in [0, 0.1) is 13.8 Å². The maximum atomic E-state index is 5.26. The average Bonchev–Trinajstić information content (AvgIpc) is 2.81. The van der Waals surface area contributed by atoms with Gasteiger partial charge in [-0.15, -0.1) is 0 Å². The second-order valence-corrected chi connectivity index (χ2v) is 5.09. The minimum atomic E-state index is 0.319. The van der Waals surface area contributed by atoms with Crippen molar-refractivity contribution in [3.63, 3.8) is 0 Å². The highest BCUT2D eigenvalue weighted by atomic mass is 16.3.